The molecule has 0 unspecified atom stereocenters. The number of aromatic nitrogens is 4. The Morgan fingerprint density at radius 3 is 2.44 bits per heavy atom. The average molecular weight is 716 g/mol. The number of carbonyl (C=O) groups is 1. The topological polar surface area (TPSA) is 125 Å². The number of aliphatic carboxylic acids is 1. The van der Waals surface area contributed by atoms with Gasteiger partial charge in [0.25, 0.3) is 0 Å². The Bertz CT molecular complexity index is 1670. The molecule has 0 aromatic carbocycles. The lowest BCUT2D eigenvalue weighted by Gasteiger charge is -2.71. The van der Waals surface area contributed by atoms with Crippen molar-refractivity contribution in [3.63, 3.8) is 0 Å². The van der Waals surface area contributed by atoms with Gasteiger partial charge in [0.05, 0.1) is 37.9 Å². The predicted molar refractivity (Wildman–Crippen MR) is 203 cm³/mol. The molecule has 286 valence electrons. The van der Waals surface area contributed by atoms with Crippen LogP contribution in [0.1, 0.15) is 120 Å². The second-order valence-corrected chi connectivity index (χ2v) is 19.2. The zero-order chi connectivity index (χ0) is 37.5. The zero-order valence-corrected chi connectivity index (χ0v) is 33.3. The van der Waals surface area contributed by atoms with Crippen molar-refractivity contribution in [2.75, 3.05) is 19.8 Å². The van der Waals surface area contributed by atoms with E-state index >= 15 is 0 Å². The van der Waals surface area contributed by atoms with Gasteiger partial charge in [-0.15, -0.1) is 0 Å². The summed E-state index contributed by atoms with van der Waals surface area (Å²) >= 11 is 0. The highest BCUT2D eigenvalue weighted by Crippen LogP contribution is 2.75. The molecule has 5 aliphatic rings. The molecule has 2 aromatic heterocycles. The first kappa shape index (κ1) is 37.7. The van der Waals surface area contributed by atoms with Crippen molar-refractivity contribution in [1.82, 2.24) is 19.7 Å². The molecule has 0 radical (unpaired) electrons. The Labute approximate surface area is 311 Å². The number of hydrogen-bond acceptors (Lipinski definition) is 7. The maximum Gasteiger partial charge on any atom is 0.307 e. The van der Waals surface area contributed by atoms with Gasteiger partial charge >= 0.3 is 5.97 Å². The third-order valence-electron chi connectivity index (χ3n) is 16.9. The number of carboxylic acids is 1. The van der Waals surface area contributed by atoms with Crippen LogP contribution in [-0.4, -0.2) is 62.3 Å². The number of allylic oxidation sites excluding steroid dienone is 1. The fourth-order valence-corrected chi connectivity index (χ4v) is 13.0. The van der Waals surface area contributed by atoms with Gasteiger partial charge in [-0.05, 0) is 103 Å². The Morgan fingerprint density at radius 1 is 1.08 bits per heavy atom. The van der Waals surface area contributed by atoms with E-state index in [1.807, 2.05) is 24.5 Å². The van der Waals surface area contributed by atoms with Gasteiger partial charge in [-0.2, -0.15) is 5.10 Å². The van der Waals surface area contributed by atoms with E-state index < -0.39 is 17.4 Å². The molecule has 3 saturated carbocycles. The summed E-state index contributed by atoms with van der Waals surface area (Å²) in [6.07, 6.45) is 15.0. The molecule has 7 rings (SSSR count). The molecule has 0 spiro atoms. The molecule has 3 N–H and O–H groups in total. The number of rotatable bonds is 10. The number of ether oxygens (including phenoxy) is 2. The molecule has 2 aromatic rings. The largest absolute Gasteiger partial charge is 0.481 e. The summed E-state index contributed by atoms with van der Waals surface area (Å²) in [4.78, 5) is 22.6. The van der Waals surface area contributed by atoms with Crippen LogP contribution in [0.25, 0.3) is 11.4 Å². The molecule has 1 saturated heterocycles. The minimum atomic E-state index is -0.622. The van der Waals surface area contributed by atoms with E-state index in [0.717, 1.165) is 62.8 Å². The second kappa shape index (κ2) is 13.0. The first-order valence-electron chi connectivity index (χ1n) is 20.3. The second-order valence-electron chi connectivity index (χ2n) is 19.2. The van der Waals surface area contributed by atoms with Gasteiger partial charge in [-0.25, -0.2) is 9.67 Å². The van der Waals surface area contributed by atoms with Crippen molar-refractivity contribution in [2.45, 2.75) is 131 Å². The summed E-state index contributed by atoms with van der Waals surface area (Å²) < 4.78 is 16.1. The number of carboxylic acid groups (broad SMARTS) is 1. The number of nitrogens with zero attached hydrogens (tertiary/aromatic N) is 4. The highest BCUT2D eigenvalue weighted by atomic mass is 16.5. The third kappa shape index (κ3) is 5.25. The van der Waals surface area contributed by atoms with Crippen molar-refractivity contribution in [1.29, 1.82) is 0 Å². The van der Waals surface area contributed by atoms with E-state index in [1.165, 1.54) is 5.57 Å². The van der Waals surface area contributed by atoms with Crippen LogP contribution in [0, 0.1) is 56.7 Å². The van der Waals surface area contributed by atoms with Gasteiger partial charge in [0.15, 0.2) is 5.82 Å². The maximum atomic E-state index is 13.6. The zero-order valence-electron chi connectivity index (χ0n) is 33.3. The molecule has 2 bridgehead atoms. The van der Waals surface area contributed by atoms with E-state index in [4.69, 9.17) is 25.3 Å². The summed E-state index contributed by atoms with van der Waals surface area (Å²) in [5.41, 5.74) is 7.71. The molecule has 4 aliphatic carbocycles. The van der Waals surface area contributed by atoms with Crippen LogP contribution in [-0.2, 0) is 14.3 Å². The first-order valence-corrected chi connectivity index (χ1v) is 20.3. The Kier molecular flexibility index (Phi) is 9.43. The molecule has 3 heterocycles. The van der Waals surface area contributed by atoms with E-state index in [1.54, 1.807) is 6.33 Å². The number of pyridine rings is 1. The van der Waals surface area contributed by atoms with Crippen LogP contribution in [0.2, 0.25) is 0 Å². The van der Waals surface area contributed by atoms with Gasteiger partial charge < -0.3 is 20.3 Å². The number of fused-ring (bicyclic) bond motifs is 3. The summed E-state index contributed by atoms with van der Waals surface area (Å²) in [6, 6.07) is 3.91. The monoisotopic (exact) mass is 716 g/mol. The fraction of sp³-hybridized carbons (Fsp3) is 0.767. The maximum absolute atomic E-state index is 13.6. The standard InChI is InChI=1S/C43H65N5O4/c1-10-42(44,11-2)24-52-35-32(48-36(46-26-47-48)29-15-20-45-21-16-29)22-43-25-51-23-39(35,7)33(43)13-12-30-31(43)14-17-41(9)34(37(49)50)38(6,28(5)27(3)4)18-19-40(30,41)8/h14-16,20-21,26-28,30,32-35H,10-13,17-19,22-25,44H2,1-9H3,(H,49,50)/t28-,30+,32-,33+,34-,35+,38-,39-,40-,41+,43+/m1/s1. The Balaban J connectivity index is 1.35. The summed E-state index contributed by atoms with van der Waals surface area (Å²) in [5, 5.41) is 16.1. The van der Waals surface area contributed by atoms with Crippen LogP contribution >= 0.6 is 0 Å². The smallest absolute Gasteiger partial charge is 0.307 e. The molecular weight excluding hydrogens is 651 g/mol. The van der Waals surface area contributed by atoms with Crippen LogP contribution in [0.4, 0.5) is 0 Å². The lowest BCUT2D eigenvalue weighted by atomic mass is 9.34. The molecule has 0 amide bonds. The van der Waals surface area contributed by atoms with Crippen molar-refractivity contribution in [3.05, 3.63) is 42.5 Å². The molecule has 52 heavy (non-hydrogen) atoms. The van der Waals surface area contributed by atoms with Crippen molar-refractivity contribution >= 4 is 5.97 Å². The highest BCUT2D eigenvalue weighted by Gasteiger charge is 2.72. The van der Waals surface area contributed by atoms with Gasteiger partial charge in [-0.3, -0.25) is 9.78 Å². The molecule has 11 atom stereocenters. The minimum Gasteiger partial charge on any atom is -0.481 e. The van der Waals surface area contributed by atoms with Gasteiger partial charge in [0.2, 0.25) is 0 Å². The predicted octanol–water partition coefficient (Wildman–Crippen LogP) is 8.37. The van der Waals surface area contributed by atoms with Crippen LogP contribution < -0.4 is 5.73 Å². The highest BCUT2D eigenvalue weighted by molar-refractivity contribution is 5.73. The van der Waals surface area contributed by atoms with Gasteiger partial charge in [0.1, 0.15) is 6.33 Å². The van der Waals surface area contributed by atoms with E-state index in [-0.39, 0.29) is 39.2 Å². The Hall–Kier alpha value is -2.62. The van der Waals surface area contributed by atoms with E-state index in [0.29, 0.717) is 43.5 Å². The fourth-order valence-electron chi connectivity index (χ4n) is 13.0. The third-order valence-corrected chi connectivity index (χ3v) is 16.9. The molecule has 4 fully saturated rings. The normalized spacial score (nSPS) is 40.7. The molecule has 1 aliphatic heterocycles. The van der Waals surface area contributed by atoms with Crippen LogP contribution in [0.3, 0.4) is 0 Å². The lowest BCUT2D eigenvalue weighted by Crippen LogP contribution is -2.69. The SMILES string of the molecule is CCC(N)(CC)CO[C@H]1[C@H](n2ncnc2-c2ccncc2)C[C@@]23COC[C@]1(C)[C@@H]2CC[C@H]1C3=CC[C@@]2(C)[C@H](C(=O)O)[C@@](C)([C@H](C)C(C)C)CC[C@]12C. The quantitative estimate of drug-likeness (QED) is 0.235. The van der Waals surface area contributed by atoms with Crippen molar-refractivity contribution < 1.29 is 19.4 Å². The van der Waals surface area contributed by atoms with E-state index in [2.05, 4.69) is 78.1 Å². The average Bonchev–Trinajstić information content (AvgIpc) is 3.61. The van der Waals surface area contributed by atoms with Crippen LogP contribution in [0.5, 0.6) is 0 Å². The number of nitrogens with two attached hydrogens (primary N) is 1. The number of hydrogen-bond donors (Lipinski definition) is 2. The van der Waals surface area contributed by atoms with Gasteiger partial charge in [0, 0.05) is 34.3 Å². The summed E-state index contributed by atoms with van der Waals surface area (Å²) in [5.74, 6) is 1.16. The van der Waals surface area contributed by atoms with Gasteiger partial charge in [-0.1, -0.05) is 74.0 Å². The summed E-state index contributed by atoms with van der Waals surface area (Å²) in [7, 11) is 0. The van der Waals surface area contributed by atoms with E-state index in [9.17, 15) is 9.90 Å². The summed E-state index contributed by atoms with van der Waals surface area (Å²) in [6.45, 7) is 22.3. The van der Waals surface area contributed by atoms with Crippen molar-refractivity contribution in [2.24, 2.45) is 62.4 Å². The minimum absolute atomic E-state index is 0.0946. The first-order chi connectivity index (χ1) is 24.5. The molecule has 9 heteroatoms. The van der Waals surface area contributed by atoms with Crippen molar-refractivity contribution in [3.8, 4) is 11.4 Å². The van der Waals surface area contributed by atoms with Crippen LogP contribution in [0.15, 0.2) is 42.5 Å². The lowest BCUT2D eigenvalue weighted by molar-refractivity contribution is -0.252. The molecule has 9 nitrogen and oxygen atoms in total. The molecular formula is C43H65N5O4. The Morgan fingerprint density at radius 2 is 1.79 bits per heavy atom.